The first-order chi connectivity index (χ1) is 9.78. The van der Waals surface area contributed by atoms with Crippen molar-refractivity contribution in [3.63, 3.8) is 0 Å². The van der Waals surface area contributed by atoms with Gasteiger partial charge in [-0.2, -0.15) is 0 Å². The second kappa shape index (κ2) is 6.60. The van der Waals surface area contributed by atoms with Gasteiger partial charge in [0.05, 0.1) is 4.90 Å². The lowest BCUT2D eigenvalue weighted by Crippen LogP contribution is -2.33. The Morgan fingerprint density at radius 2 is 1.95 bits per heavy atom. The highest BCUT2D eigenvalue weighted by molar-refractivity contribution is 9.10. The lowest BCUT2D eigenvalue weighted by molar-refractivity contribution is 0.560. The van der Waals surface area contributed by atoms with Gasteiger partial charge < -0.3 is 0 Å². The highest BCUT2D eigenvalue weighted by atomic mass is 79.9. The van der Waals surface area contributed by atoms with Crippen LogP contribution in [-0.4, -0.2) is 14.5 Å². The summed E-state index contributed by atoms with van der Waals surface area (Å²) in [5, 5.41) is 0. The topological polar surface area (TPSA) is 46.2 Å². The minimum atomic E-state index is -3.48. The van der Waals surface area contributed by atoms with Gasteiger partial charge in [0.15, 0.2) is 0 Å². The molecule has 2 rings (SSSR count). The van der Waals surface area contributed by atoms with Gasteiger partial charge in [0.1, 0.15) is 0 Å². The van der Waals surface area contributed by atoms with Gasteiger partial charge in [-0.15, -0.1) is 11.3 Å². The van der Waals surface area contributed by atoms with E-state index in [9.17, 15) is 8.42 Å². The smallest absolute Gasteiger partial charge is 0.208 e. The van der Waals surface area contributed by atoms with Crippen molar-refractivity contribution >= 4 is 37.3 Å². The normalized spacial score (nSPS) is 13.3. The second-order valence-electron chi connectivity index (χ2n) is 5.15. The zero-order valence-electron chi connectivity index (χ0n) is 12.2. The van der Waals surface area contributed by atoms with Crippen molar-refractivity contribution in [2.45, 2.75) is 38.1 Å². The van der Waals surface area contributed by atoms with E-state index in [-0.39, 0.29) is 6.04 Å². The van der Waals surface area contributed by atoms with Crippen LogP contribution in [0, 0.1) is 13.8 Å². The van der Waals surface area contributed by atoms with Crippen molar-refractivity contribution in [1.29, 1.82) is 0 Å². The number of hydrogen-bond acceptors (Lipinski definition) is 3. The average molecular weight is 388 g/mol. The Balaban J connectivity index is 2.11. The van der Waals surface area contributed by atoms with Crippen molar-refractivity contribution in [2.75, 3.05) is 0 Å². The van der Waals surface area contributed by atoms with Crippen molar-refractivity contribution in [3.05, 3.63) is 50.1 Å². The summed E-state index contributed by atoms with van der Waals surface area (Å²) in [6.45, 7) is 5.81. The molecule has 0 spiro atoms. The number of aryl methyl sites for hydroxylation is 2. The van der Waals surface area contributed by atoms with Crippen LogP contribution in [0.2, 0.25) is 0 Å². The first-order valence-corrected chi connectivity index (χ1v) is 9.71. The van der Waals surface area contributed by atoms with E-state index in [2.05, 4.69) is 32.8 Å². The van der Waals surface area contributed by atoms with E-state index in [0.717, 1.165) is 10.0 Å². The number of hydrogen-bond donors (Lipinski definition) is 1. The lowest BCUT2D eigenvalue weighted by atomic mass is 10.2. The molecule has 21 heavy (non-hydrogen) atoms. The summed E-state index contributed by atoms with van der Waals surface area (Å²) in [6, 6.07) is 9.01. The van der Waals surface area contributed by atoms with Crippen LogP contribution in [0.5, 0.6) is 0 Å². The summed E-state index contributed by atoms with van der Waals surface area (Å²) in [4.78, 5) is 2.73. The molecular weight excluding hydrogens is 370 g/mol. The van der Waals surface area contributed by atoms with Gasteiger partial charge in [-0.3, -0.25) is 0 Å². The number of halogens is 1. The minimum absolute atomic E-state index is 0.142. The van der Waals surface area contributed by atoms with Crippen molar-refractivity contribution in [1.82, 2.24) is 4.72 Å². The molecule has 0 aliphatic rings. The summed E-state index contributed by atoms with van der Waals surface area (Å²) in [7, 11) is -3.48. The third-order valence-corrected chi connectivity index (χ3v) is 6.60. The highest BCUT2D eigenvalue weighted by Gasteiger charge is 2.18. The van der Waals surface area contributed by atoms with E-state index >= 15 is 0 Å². The summed E-state index contributed by atoms with van der Waals surface area (Å²) >= 11 is 5.08. The molecule has 1 aromatic heterocycles. The van der Waals surface area contributed by atoms with E-state index in [1.54, 1.807) is 29.5 Å². The monoisotopic (exact) mass is 387 g/mol. The number of thiophene rings is 1. The molecule has 1 heterocycles. The average Bonchev–Trinajstić information content (AvgIpc) is 2.77. The molecule has 0 aliphatic carbocycles. The third-order valence-electron chi connectivity index (χ3n) is 3.10. The van der Waals surface area contributed by atoms with E-state index < -0.39 is 10.0 Å². The number of rotatable bonds is 5. The van der Waals surface area contributed by atoms with E-state index in [1.807, 2.05) is 20.8 Å². The molecule has 1 unspecified atom stereocenters. The van der Waals surface area contributed by atoms with E-state index in [0.29, 0.717) is 11.3 Å². The fourth-order valence-corrected chi connectivity index (χ4v) is 4.65. The molecule has 0 radical (unpaired) electrons. The first kappa shape index (κ1) is 16.7. The summed E-state index contributed by atoms with van der Waals surface area (Å²) in [6.07, 6.45) is 0.702. The van der Waals surface area contributed by atoms with Crippen LogP contribution in [0.25, 0.3) is 0 Å². The van der Waals surface area contributed by atoms with Crippen LogP contribution >= 0.6 is 27.3 Å². The predicted octanol–water partition coefficient (Wildman–Crippen LogP) is 4.04. The van der Waals surface area contributed by atoms with E-state index in [1.165, 1.54) is 9.75 Å². The maximum atomic E-state index is 12.4. The number of benzene rings is 1. The van der Waals surface area contributed by atoms with Crippen LogP contribution in [0.1, 0.15) is 22.2 Å². The Bertz CT molecular complexity index is 738. The van der Waals surface area contributed by atoms with Crippen molar-refractivity contribution in [3.8, 4) is 0 Å². The standard InChI is InChI=1S/C15H18BrNO2S2/c1-10-8-14(6-7-15(10)16)21(18,19)17-11(2)9-13-5-4-12(3)20-13/h4-8,11,17H,9H2,1-3H3. The second-order valence-corrected chi connectivity index (χ2v) is 9.09. The lowest BCUT2D eigenvalue weighted by Gasteiger charge is -2.14. The largest absolute Gasteiger partial charge is 0.240 e. The van der Waals surface area contributed by atoms with Gasteiger partial charge in [-0.05, 0) is 63.1 Å². The Labute approximate surface area is 138 Å². The van der Waals surface area contributed by atoms with Crippen LogP contribution in [-0.2, 0) is 16.4 Å². The summed E-state index contributed by atoms with van der Waals surface area (Å²) in [5.74, 6) is 0. The molecule has 0 saturated heterocycles. The van der Waals surface area contributed by atoms with Gasteiger partial charge in [-0.1, -0.05) is 15.9 Å². The Hall–Kier alpha value is -0.690. The third kappa shape index (κ3) is 4.39. The fraction of sp³-hybridized carbons (Fsp3) is 0.333. The van der Waals surface area contributed by atoms with Crippen LogP contribution in [0.4, 0.5) is 0 Å². The molecule has 0 saturated carbocycles. The predicted molar refractivity (Wildman–Crippen MR) is 91.4 cm³/mol. The highest BCUT2D eigenvalue weighted by Crippen LogP contribution is 2.21. The molecule has 0 aliphatic heterocycles. The fourth-order valence-electron chi connectivity index (χ4n) is 2.06. The molecular formula is C15H18BrNO2S2. The molecule has 2 aromatic rings. The zero-order valence-corrected chi connectivity index (χ0v) is 15.4. The summed E-state index contributed by atoms with van der Waals surface area (Å²) in [5.41, 5.74) is 0.902. The van der Waals surface area contributed by atoms with Gasteiger partial charge in [0, 0.05) is 20.3 Å². The Kier molecular flexibility index (Phi) is 5.24. The zero-order chi connectivity index (χ0) is 15.6. The van der Waals surface area contributed by atoms with Crippen molar-refractivity contribution < 1.29 is 8.42 Å². The van der Waals surface area contributed by atoms with Crippen LogP contribution in [0.3, 0.4) is 0 Å². The molecule has 1 aromatic carbocycles. The van der Waals surface area contributed by atoms with E-state index in [4.69, 9.17) is 0 Å². The number of sulfonamides is 1. The minimum Gasteiger partial charge on any atom is -0.208 e. The van der Waals surface area contributed by atoms with Gasteiger partial charge in [0.2, 0.25) is 10.0 Å². The molecule has 1 N–H and O–H groups in total. The molecule has 0 bridgehead atoms. The van der Waals surface area contributed by atoms with Gasteiger partial charge in [0.25, 0.3) is 0 Å². The molecule has 3 nitrogen and oxygen atoms in total. The molecule has 0 amide bonds. The quantitative estimate of drug-likeness (QED) is 0.841. The van der Waals surface area contributed by atoms with Gasteiger partial charge >= 0.3 is 0 Å². The number of nitrogens with one attached hydrogen (secondary N) is 1. The van der Waals surface area contributed by atoms with Gasteiger partial charge in [-0.25, -0.2) is 13.1 Å². The summed E-state index contributed by atoms with van der Waals surface area (Å²) < 4.78 is 28.4. The Morgan fingerprint density at radius 3 is 2.52 bits per heavy atom. The first-order valence-electron chi connectivity index (χ1n) is 6.62. The molecule has 1 atom stereocenters. The molecule has 114 valence electrons. The SMILES string of the molecule is Cc1ccc(CC(C)NS(=O)(=O)c2ccc(Br)c(C)c2)s1. The van der Waals surface area contributed by atoms with Crippen molar-refractivity contribution in [2.24, 2.45) is 0 Å². The maximum Gasteiger partial charge on any atom is 0.240 e. The molecule has 6 heteroatoms. The molecule has 0 fully saturated rings. The Morgan fingerprint density at radius 1 is 1.24 bits per heavy atom. The maximum absolute atomic E-state index is 12.4. The van der Waals surface area contributed by atoms with Crippen LogP contribution in [0.15, 0.2) is 39.7 Å². The van der Waals surface area contributed by atoms with Crippen LogP contribution < -0.4 is 4.72 Å².